The maximum Gasteiger partial charge on any atom is 0.120 e. The number of hydrogen-bond acceptors (Lipinski definition) is 3. The van der Waals surface area contributed by atoms with E-state index in [1.807, 2.05) is 36.4 Å². The standard InChI is InChI=1S/C11H15NO2/c1-13-10-4-6-11(7-5-10)14-9-3-2-8-12/h2-7H,8-9,12H2,1H3/b3-2+. The predicted octanol–water partition coefficient (Wildman–Crippen LogP) is 1.59. The summed E-state index contributed by atoms with van der Waals surface area (Å²) in [5.41, 5.74) is 5.29. The summed E-state index contributed by atoms with van der Waals surface area (Å²) in [6, 6.07) is 7.47. The molecule has 76 valence electrons. The molecule has 0 radical (unpaired) electrons. The number of benzene rings is 1. The molecule has 0 amide bonds. The monoisotopic (exact) mass is 193 g/mol. The highest BCUT2D eigenvalue weighted by molar-refractivity contribution is 5.31. The van der Waals surface area contributed by atoms with Crippen LogP contribution in [0.3, 0.4) is 0 Å². The summed E-state index contributed by atoms with van der Waals surface area (Å²) in [6.45, 7) is 1.09. The van der Waals surface area contributed by atoms with E-state index in [9.17, 15) is 0 Å². The smallest absolute Gasteiger partial charge is 0.120 e. The molecule has 0 spiro atoms. The lowest BCUT2D eigenvalue weighted by Crippen LogP contribution is -1.97. The Morgan fingerprint density at radius 1 is 1.14 bits per heavy atom. The van der Waals surface area contributed by atoms with Gasteiger partial charge in [0.1, 0.15) is 18.1 Å². The van der Waals surface area contributed by atoms with Crippen LogP contribution in [0.2, 0.25) is 0 Å². The summed E-state index contributed by atoms with van der Waals surface area (Å²) < 4.78 is 10.4. The largest absolute Gasteiger partial charge is 0.497 e. The zero-order valence-corrected chi connectivity index (χ0v) is 8.27. The van der Waals surface area contributed by atoms with Crippen LogP contribution in [0.4, 0.5) is 0 Å². The highest BCUT2D eigenvalue weighted by Gasteiger charge is 1.92. The van der Waals surface area contributed by atoms with Crippen molar-refractivity contribution in [2.45, 2.75) is 0 Å². The number of methoxy groups -OCH3 is 1. The van der Waals surface area contributed by atoms with Crippen molar-refractivity contribution in [3.05, 3.63) is 36.4 Å². The number of rotatable bonds is 5. The summed E-state index contributed by atoms with van der Waals surface area (Å²) in [5.74, 6) is 1.65. The van der Waals surface area contributed by atoms with Crippen molar-refractivity contribution in [3.8, 4) is 11.5 Å². The summed E-state index contributed by atoms with van der Waals surface area (Å²) in [4.78, 5) is 0. The highest BCUT2D eigenvalue weighted by atomic mass is 16.5. The normalized spacial score (nSPS) is 10.4. The zero-order chi connectivity index (χ0) is 10.2. The van der Waals surface area contributed by atoms with E-state index in [-0.39, 0.29) is 0 Å². The van der Waals surface area contributed by atoms with Crippen LogP contribution in [0.15, 0.2) is 36.4 Å². The van der Waals surface area contributed by atoms with Gasteiger partial charge in [0.05, 0.1) is 7.11 Å². The zero-order valence-electron chi connectivity index (χ0n) is 8.27. The molecular weight excluding hydrogens is 178 g/mol. The van der Waals surface area contributed by atoms with Gasteiger partial charge in [0.15, 0.2) is 0 Å². The van der Waals surface area contributed by atoms with Crippen LogP contribution in [0.25, 0.3) is 0 Å². The fourth-order valence-corrected chi connectivity index (χ4v) is 0.981. The molecule has 0 heterocycles. The van der Waals surface area contributed by atoms with Crippen LogP contribution >= 0.6 is 0 Å². The quantitative estimate of drug-likeness (QED) is 0.722. The van der Waals surface area contributed by atoms with Gasteiger partial charge in [-0.15, -0.1) is 0 Å². The number of nitrogens with two attached hydrogens (primary N) is 1. The van der Waals surface area contributed by atoms with E-state index in [0.29, 0.717) is 13.2 Å². The van der Waals surface area contributed by atoms with Crippen LogP contribution in [0.1, 0.15) is 0 Å². The molecule has 0 aliphatic rings. The lowest BCUT2D eigenvalue weighted by atomic mass is 10.3. The minimum absolute atomic E-state index is 0.545. The second kappa shape index (κ2) is 6.05. The first kappa shape index (κ1) is 10.6. The van der Waals surface area contributed by atoms with Crippen LogP contribution in [-0.4, -0.2) is 20.3 Å². The maximum absolute atomic E-state index is 5.41. The molecule has 1 aromatic rings. The topological polar surface area (TPSA) is 44.5 Å². The van der Waals surface area contributed by atoms with E-state index in [1.165, 1.54) is 0 Å². The third-order valence-corrected chi connectivity index (χ3v) is 1.71. The summed E-state index contributed by atoms with van der Waals surface area (Å²) >= 11 is 0. The Balaban J connectivity index is 2.40. The average molecular weight is 193 g/mol. The fraction of sp³-hybridized carbons (Fsp3) is 0.273. The van der Waals surface area contributed by atoms with Crippen molar-refractivity contribution in [2.24, 2.45) is 5.73 Å². The minimum Gasteiger partial charge on any atom is -0.497 e. The second-order valence-corrected chi connectivity index (χ2v) is 2.69. The maximum atomic E-state index is 5.41. The lowest BCUT2D eigenvalue weighted by molar-refractivity contribution is 0.360. The van der Waals surface area contributed by atoms with Crippen molar-refractivity contribution >= 4 is 0 Å². The number of hydrogen-bond donors (Lipinski definition) is 1. The molecule has 0 unspecified atom stereocenters. The Hall–Kier alpha value is -1.48. The number of ether oxygens (including phenoxy) is 2. The Kier molecular flexibility index (Phi) is 4.58. The Labute approximate surface area is 84.1 Å². The lowest BCUT2D eigenvalue weighted by Gasteiger charge is -2.03. The highest BCUT2D eigenvalue weighted by Crippen LogP contribution is 2.16. The van der Waals surface area contributed by atoms with Gasteiger partial charge in [0.25, 0.3) is 0 Å². The Bertz CT molecular complexity index is 280. The molecular formula is C11H15NO2. The molecule has 0 aliphatic carbocycles. The van der Waals surface area contributed by atoms with Crippen molar-refractivity contribution < 1.29 is 9.47 Å². The van der Waals surface area contributed by atoms with Crippen molar-refractivity contribution in [3.63, 3.8) is 0 Å². The molecule has 1 rings (SSSR count). The van der Waals surface area contributed by atoms with Gasteiger partial charge in [0, 0.05) is 6.54 Å². The van der Waals surface area contributed by atoms with Crippen LogP contribution in [-0.2, 0) is 0 Å². The van der Waals surface area contributed by atoms with Crippen LogP contribution in [0.5, 0.6) is 11.5 Å². The molecule has 0 bridgehead atoms. The molecule has 3 nitrogen and oxygen atoms in total. The van der Waals surface area contributed by atoms with E-state index in [2.05, 4.69) is 0 Å². The first-order chi connectivity index (χ1) is 6.86. The summed E-state index contributed by atoms with van der Waals surface area (Å²) in [5, 5.41) is 0. The van der Waals surface area contributed by atoms with E-state index in [4.69, 9.17) is 15.2 Å². The SMILES string of the molecule is COc1ccc(OC/C=C/CN)cc1. The first-order valence-electron chi connectivity index (χ1n) is 4.48. The summed E-state index contributed by atoms with van der Waals surface area (Å²) in [6.07, 6.45) is 3.76. The van der Waals surface area contributed by atoms with Gasteiger partial charge in [-0.05, 0) is 24.3 Å². The van der Waals surface area contributed by atoms with Crippen molar-refractivity contribution in [1.82, 2.24) is 0 Å². The third-order valence-electron chi connectivity index (χ3n) is 1.71. The van der Waals surface area contributed by atoms with Gasteiger partial charge in [-0.2, -0.15) is 0 Å². The van der Waals surface area contributed by atoms with Gasteiger partial charge in [-0.3, -0.25) is 0 Å². The molecule has 0 aliphatic heterocycles. The van der Waals surface area contributed by atoms with E-state index in [0.717, 1.165) is 11.5 Å². The van der Waals surface area contributed by atoms with Gasteiger partial charge >= 0.3 is 0 Å². The van der Waals surface area contributed by atoms with Gasteiger partial charge in [-0.25, -0.2) is 0 Å². The van der Waals surface area contributed by atoms with E-state index >= 15 is 0 Å². The molecule has 3 heteroatoms. The van der Waals surface area contributed by atoms with E-state index < -0.39 is 0 Å². The van der Waals surface area contributed by atoms with Gasteiger partial charge < -0.3 is 15.2 Å². The van der Waals surface area contributed by atoms with Crippen LogP contribution in [0, 0.1) is 0 Å². The minimum atomic E-state index is 0.545. The molecule has 1 aromatic carbocycles. The fourth-order valence-electron chi connectivity index (χ4n) is 0.981. The third kappa shape index (κ3) is 3.49. The molecule has 0 saturated heterocycles. The molecule has 0 atom stereocenters. The Morgan fingerprint density at radius 3 is 2.36 bits per heavy atom. The summed E-state index contributed by atoms with van der Waals surface area (Å²) in [7, 11) is 1.64. The molecule has 0 saturated carbocycles. The Morgan fingerprint density at radius 2 is 1.79 bits per heavy atom. The van der Waals surface area contributed by atoms with Crippen LogP contribution < -0.4 is 15.2 Å². The molecule has 0 fully saturated rings. The van der Waals surface area contributed by atoms with E-state index in [1.54, 1.807) is 7.11 Å². The van der Waals surface area contributed by atoms with Crippen molar-refractivity contribution in [2.75, 3.05) is 20.3 Å². The average Bonchev–Trinajstić information content (AvgIpc) is 2.25. The van der Waals surface area contributed by atoms with Crippen molar-refractivity contribution in [1.29, 1.82) is 0 Å². The van der Waals surface area contributed by atoms with Gasteiger partial charge in [0.2, 0.25) is 0 Å². The van der Waals surface area contributed by atoms with Gasteiger partial charge in [-0.1, -0.05) is 12.2 Å². The second-order valence-electron chi connectivity index (χ2n) is 2.69. The molecule has 14 heavy (non-hydrogen) atoms. The molecule has 2 N–H and O–H groups in total. The molecule has 0 aromatic heterocycles. The predicted molar refractivity (Wildman–Crippen MR) is 56.7 cm³/mol. The first-order valence-corrected chi connectivity index (χ1v) is 4.48.